The van der Waals surface area contributed by atoms with Crippen molar-refractivity contribution >= 4 is 34.0 Å². The predicted molar refractivity (Wildman–Crippen MR) is 114 cm³/mol. The molecule has 2 fully saturated rings. The highest BCUT2D eigenvalue weighted by Crippen LogP contribution is 2.30. The van der Waals surface area contributed by atoms with Gasteiger partial charge in [0.15, 0.2) is 0 Å². The van der Waals surface area contributed by atoms with E-state index in [9.17, 15) is 13.2 Å². The fraction of sp³-hybridized carbons (Fsp3) is 0.632. The highest BCUT2D eigenvalue weighted by Gasteiger charge is 2.30. The van der Waals surface area contributed by atoms with Gasteiger partial charge in [-0.15, -0.1) is 12.4 Å². The SMILES string of the molecule is CNCC1CCN(C(=O)c2cc(S(=O)(=O)N(C)C)ccc2N2CCCC2)C1.Cl. The standard InChI is InChI=1S/C19H30N4O3S.ClH/c1-20-13-15-8-11-23(14-15)19(24)17-12-16(27(25,26)21(2)3)6-7-18(17)22-9-4-5-10-22;/h6-7,12,15,20H,4-5,8-11,13-14H2,1-3H3;1H. The maximum Gasteiger partial charge on any atom is 0.256 e. The van der Waals surface area contributed by atoms with Crippen LogP contribution in [0, 0.1) is 5.92 Å². The Labute approximate surface area is 174 Å². The third-order valence-corrected chi connectivity index (χ3v) is 7.30. The number of sulfonamides is 1. The summed E-state index contributed by atoms with van der Waals surface area (Å²) in [7, 11) is 1.36. The number of hydrogen-bond donors (Lipinski definition) is 1. The van der Waals surface area contributed by atoms with E-state index < -0.39 is 10.0 Å². The van der Waals surface area contributed by atoms with Gasteiger partial charge in [-0.05, 0) is 57.0 Å². The molecule has 1 amide bonds. The zero-order chi connectivity index (χ0) is 19.6. The Hall–Kier alpha value is -1.35. The maximum atomic E-state index is 13.3. The van der Waals surface area contributed by atoms with Crippen molar-refractivity contribution < 1.29 is 13.2 Å². The molecule has 2 heterocycles. The summed E-state index contributed by atoms with van der Waals surface area (Å²) in [6.07, 6.45) is 3.17. The van der Waals surface area contributed by atoms with E-state index in [0.29, 0.717) is 18.0 Å². The fourth-order valence-electron chi connectivity index (χ4n) is 3.93. The van der Waals surface area contributed by atoms with Crippen molar-refractivity contribution in [3.05, 3.63) is 23.8 Å². The van der Waals surface area contributed by atoms with E-state index in [1.807, 2.05) is 11.9 Å². The molecule has 1 aromatic carbocycles. The van der Waals surface area contributed by atoms with E-state index in [1.54, 1.807) is 18.2 Å². The summed E-state index contributed by atoms with van der Waals surface area (Å²) in [6, 6.07) is 4.99. The summed E-state index contributed by atoms with van der Waals surface area (Å²) in [5.41, 5.74) is 1.36. The van der Waals surface area contributed by atoms with Gasteiger partial charge >= 0.3 is 0 Å². The van der Waals surface area contributed by atoms with Gasteiger partial charge in [0.05, 0.1) is 10.5 Å². The largest absolute Gasteiger partial charge is 0.371 e. The number of anilines is 1. The summed E-state index contributed by atoms with van der Waals surface area (Å²) < 4.78 is 26.3. The molecule has 2 aliphatic heterocycles. The summed E-state index contributed by atoms with van der Waals surface area (Å²) in [6.45, 7) is 4.13. The minimum Gasteiger partial charge on any atom is -0.371 e. The Balaban J connectivity index is 0.00000280. The molecule has 3 rings (SSSR count). The molecule has 1 aromatic rings. The number of nitrogens with one attached hydrogen (secondary N) is 1. The maximum absolute atomic E-state index is 13.3. The van der Waals surface area contributed by atoms with Crippen molar-refractivity contribution in [3.8, 4) is 0 Å². The van der Waals surface area contributed by atoms with E-state index in [4.69, 9.17) is 0 Å². The second-order valence-electron chi connectivity index (χ2n) is 7.62. The number of carbonyl (C=O) groups excluding carboxylic acids is 1. The van der Waals surface area contributed by atoms with Crippen LogP contribution in [0.25, 0.3) is 0 Å². The van der Waals surface area contributed by atoms with Crippen molar-refractivity contribution in [2.75, 3.05) is 58.8 Å². The van der Waals surface area contributed by atoms with Gasteiger partial charge in [0.2, 0.25) is 10.0 Å². The van der Waals surface area contributed by atoms with E-state index in [0.717, 1.165) is 51.1 Å². The van der Waals surface area contributed by atoms with Crippen molar-refractivity contribution in [1.82, 2.24) is 14.5 Å². The van der Waals surface area contributed by atoms with Gasteiger partial charge < -0.3 is 15.1 Å². The lowest BCUT2D eigenvalue weighted by Gasteiger charge is -2.25. The first kappa shape index (κ1) is 22.9. The Morgan fingerprint density at radius 1 is 1.21 bits per heavy atom. The number of likely N-dealkylation sites (tertiary alicyclic amines) is 1. The number of rotatable bonds is 6. The molecule has 0 spiro atoms. The van der Waals surface area contributed by atoms with Crippen LogP contribution in [0.15, 0.2) is 23.1 Å². The molecule has 0 radical (unpaired) electrons. The smallest absolute Gasteiger partial charge is 0.256 e. The average Bonchev–Trinajstić information content (AvgIpc) is 3.33. The van der Waals surface area contributed by atoms with Crippen LogP contribution in [0.4, 0.5) is 5.69 Å². The van der Waals surface area contributed by atoms with Crippen molar-refractivity contribution in [3.63, 3.8) is 0 Å². The molecule has 9 heteroatoms. The summed E-state index contributed by atoms with van der Waals surface area (Å²) in [4.78, 5) is 17.5. The van der Waals surface area contributed by atoms with Crippen LogP contribution in [0.3, 0.4) is 0 Å². The second-order valence-corrected chi connectivity index (χ2v) is 9.78. The lowest BCUT2D eigenvalue weighted by molar-refractivity contribution is 0.0787. The van der Waals surface area contributed by atoms with E-state index >= 15 is 0 Å². The molecule has 0 aromatic heterocycles. The lowest BCUT2D eigenvalue weighted by Crippen LogP contribution is -2.32. The molecule has 2 saturated heterocycles. The van der Waals surface area contributed by atoms with Gasteiger partial charge in [0.25, 0.3) is 5.91 Å². The zero-order valence-corrected chi connectivity index (χ0v) is 18.5. The van der Waals surface area contributed by atoms with Crippen LogP contribution in [0.2, 0.25) is 0 Å². The van der Waals surface area contributed by atoms with Crippen LogP contribution in [-0.4, -0.2) is 77.4 Å². The summed E-state index contributed by atoms with van der Waals surface area (Å²) in [5, 5.41) is 3.18. The molecule has 0 bridgehead atoms. The van der Waals surface area contributed by atoms with Crippen LogP contribution in [0.1, 0.15) is 29.6 Å². The lowest BCUT2D eigenvalue weighted by atomic mass is 10.1. The molecule has 158 valence electrons. The fourth-order valence-corrected chi connectivity index (χ4v) is 4.86. The van der Waals surface area contributed by atoms with Gasteiger partial charge in [-0.2, -0.15) is 0 Å². The highest BCUT2D eigenvalue weighted by atomic mass is 35.5. The Bertz CT molecular complexity index is 794. The van der Waals surface area contributed by atoms with Crippen LogP contribution < -0.4 is 10.2 Å². The quantitative estimate of drug-likeness (QED) is 0.742. The zero-order valence-electron chi connectivity index (χ0n) is 16.8. The molecule has 0 aliphatic carbocycles. The van der Waals surface area contributed by atoms with Crippen molar-refractivity contribution in [1.29, 1.82) is 0 Å². The molecular formula is C19H31ClN4O3S. The Morgan fingerprint density at radius 2 is 1.89 bits per heavy atom. The summed E-state index contributed by atoms with van der Waals surface area (Å²) >= 11 is 0. The van der Waals surface area contributed by atoms with Crippen molar-refractivity contribution in [2.24, 2.45) is 5.92 Å². The van der Waals surface area contributed by atoms with E-state index in [1.165, 1.54) is 18.4 Å². The molecule has 0 saturated carbocycles. The van der Waals surface area contributed by atoms with E-state index in [2.05, 4.69) is 10.2 Å². The first-order valence-corrected chi connectivity index (χ1v) is 11.0. The molecule has 1 atom stereocenters. The number of halogens is 1. The monoisotopic (exact) mass is 430 g/mol. The molecule has 2 aliphatic rings. The number of amides is 1. The predicted octanol–water partition coefficient (Wildman–Crippen LogP) is 1.64. The minimum absolute atomic E-state index is 0. The topological polar surface area (TPSA) is 73.0 Å². The minimum atomic E-state index is -3.58. The van der Waals surface area contributed by atoms with Gasteiger partial charge in [0, 0.05) is 46.0 Å². The summed E-state index contributed by atoms with van der Waals surface area (Å²) in [5.74, 6) is 0.384. The third-order valence-electron chi connectivity index (χ3n) is 5.49. The first-order valence-electron chi connectivity index (χ1n) is 9.60. The third kappa shape index (κ3) is 4.62. The normalized spacial score (nSPS) is 19.9. The van der Waals surface area contributed by atoms with Crippen molar-refractivity contribution in [2.45, 2.75) is 24.2 Å². The average molecular weight is 431 g/mol. The second kappa shape index (κ2) is 9.43. The van der Waals surface area contributed by atoms with Crippen LogP contribution in [-0.2, 0) is 10.0 Å². The molecule has 1 N–H and O–H groups in total. The first-order chi connectivity index (χ1) is 12.8. The number of benzene rings is 1. The molecule has 28 heavy (non-hydrogen) atoms. The van der Waals surface area contributed by atoms with Gasteiger partial charge in [-0.3, -0.25) is 4.79 Å². The van der Waals surface area contributed by atoms with Crippen LogP contribution in [0.5, 0.6) is 0 Å². The molecular weight excluding hydrogens is 400 g/mol. The number of carbonyl (C=O) groups is 1. The molecule has 1 unspecified atom stereocenters. The van der Waals surface area contributed by atoms with Gasteiger partial charge in [0.1, 0.15) is 0 Å². The number of hydrogen-bond acceptors (Lipinski definition) is 5. The van der Waals surface area contributed by atoms with Gasteiger partial charge in [-0.1, -0.05) is 0 Å². The Morgan fingerprint density at radius 3 is 2.50 bits per heavy atom. The number of nitrogens with zero attached hydrogens (tertiary/aromatic N) is 3. The highest BCUT2D eigenvalue weighted by molar-refractivity contribution is 7.89. The van der Waals surface area contributed by atoms with Gasteiger partial charge in [-0.25, -0.2) is 12.7 Å². The Kier molecular flexibility index (Phi) is 7.73. The van der Waals surface area contributed by atoms with E-state index in [-0.39, 0.29) is 23.2 Å². The van der Waals surface area contributed by atoms with Crippen LogP contribution >= 0.6 is 12.4 Å². The molecule has 7 nitrogen and oxygen atoms in total.